The van der Waals surface area contributed by atoms with E-state index in [1.54, 1.807) is 0 Å². The molecule has 0 unspecified atom stereocenters. The molecule has 1 aromatic heterocycles. The van der Waals surface area contributed by atoms with Crippen LogP contribution in [-0.4, -0.2) is 35.1 Å². The van der Waals surface area contributed by atoms with Gasteiger partial charge < -0.3 is 5.32 Å². The zero-order chi connectivity index (χ0) is 11.9. The van der Waals surface area contributed by atoms with Crippen LogP contribution in [0.5, 0.6) is 0 Å². The number of rotatable bonds is 2. The SMILES string of the molecule is CC(=O)Nc1[nH]nc2c1CN(S(C)(=O)=O)C2. The van der Waals surface area contributed by atoms with Crippen LogP contribution < -0.4 is 5.32 Å². The van der Waals surface area contributed by atoms with Gasteiger partial charge in [0.05, 0.1) is 18.5 Å². The maximum absolute atomic E-state index is 11.3. The average molecular weight is 244 g/mol. The predicted octanol–water partition coefficient (Wildman–Crippen LogP) is -0.357. The van der Waals surface area contributed by atoms with Crippen LogP contribution in [0.3, 0.4) is 0 Å². The summed E-state index contributed by atoms with van der Waals surface area (Å²) in [6.07, 6.45) is 1.15. The van der Waals surface area contributed by atoms with Gasteiger partial charge in [-0.05, 0) is 0 Å². The standard InChI is InChI=1S/C8H12N4O3S/c1-5(13)9-8-6-3-12(16(2,14)15)4-7(6)10-11-8/h3-4H2,1-2H3,(H2,9,10,11,13). The number of H-pyrrole nitrogens is 1. The minimum atomic E-state index is -3.22. The molecule has 16 heavy (non-hydrogen) atoms. The van der Waals surface area contributed by atoms with Crippen molar-refractivity contribution in [2.75, 3.05) is 11.6 Å². The minimum Gasteiger partial charge on any atom is -0.311 e. The Balaban J connectivity index is 2.26. The van der Waals surface area contributed by atoms with Gasteiger partial charge in [-0.2, -0.15) is 9.40 Å². The largest absolute Gasteiger partial charge is 0.311 e. The molecule has 0 saturated carbocycles. The van der Waals surface area contributed by atoms with E-state index in [9.17, 15) is 13.2 Å². The van der Waals surface area contributed by atoms with Gasteiger partial charge in [0.1, 0.15) is 5.82 Å². The average Bonchev–Trinajstić information content (AvgIpc) is 2.64. The first-order valence-electron chi connectivity index (χ1n) is 4.67. The van der Waals surface area contributed by atoms with Gasteiger partial charge in [-0.25, -0.2) is 8.42 Å². The smallest absolute Gasteiger partial charge is 0.222 e. The van der Waals surface area contributed by atoms with Gasteiger partial charge in [0.2, 0.25) is 15.9 Å². The quantitative estimate of drug-likeness (QED) is 0.743. The Kier molecular flexibility index (Phi) is 2.47. The van der Waals surface area contributed by atoms with Crippen LogP contribution in [0.4, 0.5) is 5.82 Å². The molecule has 0 spiro atoms. The Hall–Kier alpha value is -1.41. The number of hydrogen-bond acceptors (Lipinski definition) is 4. The first-order chi connectivity index (χ1) is 7.38. The van der Waals surface area contributed by atoms with E-state index >= 15 is 0 Å². The van der Waals surface area contributed by atoms with Crippen LogP contribution in [-0.2, 0) is 27.9 Å². The lowest BCUT2D eigenvalue weighted by molar-refractivity contribution is -0.114. The van der Waals surface area contributed by atoms with Crippen molar-refractivity contribution in [2.45, 2.75) is 20.0 Å². The summed E-state index contributed by atoms with van der Waals surface area (Å²) in [6.45, 7) is 1.89. The van der Waals surface area contributed by atoms with Crippen molar-refractivity contribution in [3.05, 3.63) is 11.3 Å². The van der Waals surface area contributed by atoms with Crippen molar-refractivity contribution in [1.82, 2.24) is 14.5 Å². The molecule has 1 aliphatic heterocycles. The zero-order valence-electron chi connectivity index (χ0n) is 8.94. The van der Waals surface area contributed by atoms with Crippen molar-refractivity contribution in [3.63, 3.8) is 0 Å². The molecule has 88 valence electrons. The molecule has 1 amide bonds. The zero-order valence-corrected chi connectivity index (χ0v) is 9.76. The van der Waals surface area contributed by atoms with Gasteiger partial charge in [0.25, 0.3) is 0 Å². The Morgan fingerprint density at radius 1 is 1.50 bits per heavy atom. The predicted molar refractivity (Wildman–Crippen MR) is 57.0 cm³/mol. The number of anilines is 1. The van der Waals surface area contributed by atoms with Crippen molar-refractivity contribution in [1.29, 1.82) is 0 Å². The molecule has 8 heteroatoms. The molecule has 0 atom stereocenters. The van der Waals surface area contributed by atoms with Crippen molar-refractivity contribution in [3.8, 4) is 0 Å². The lowest BCUT2D eigenvalue weighted by Crippen LogP contribution is -2.24. The summed E-state index contributed by atoms with van der Waals surface area (Å²) < 4.78 is 24.0. The fraction of sp³-hybridized carbons (Fsp3) is 0.500. The number of hydrogen-bond donors (Lipinski definition) is 2. The highest BCUT2D eigenvalue weighted by atomic mass is 32.2. The van der Waals surface area contributed by atoms with Crippen LogP contribution in [0, 0.1) is 0 Å². The fourth-order valence-electron chi connectivity index (χ4n) is 1.62. The minimum absolute atomic E-state index is 0.218. The summed E-state index contributed by atoms with van der Waals surface area (Å²) >= 11 is 0. The Morgan fingerprint density at radius 3 is 2.75 bits per heavy atom. The van der Waals surface area contributed by atoms with Crippen LogP contribution in [0.25, 0.3) is 0 Å². The summed E-state index contributed by atoms with van der Waals surface area (Å²) in [6, 6.07) is 0. The molecule has 2 heterocycles. The second-order valence-electron chi connectivity index (χ2n) is 3.74. The number of nitrogens with one attached hydrogen (secondary N) is 2. The normalized spacial score (nSPS) is 16.1. The number of amides is 1. The lowest BCUT2D eigenvalue weighted by atomic mass is 10.3. The summed E-state index contributed by atoms with van der Waals surface area (Å²) in [7, 11) is -3.22. The van der Waals surface area contributed by atoms with Gasteiger partial charge >= 0.3 is 0 Å². The topological polar surface area (TPSA) is 95.2 Å². The molecular weight excluding hydrogens is 232 g/mol. The van der Waals surface area contributed by atoms with Gasteiger partial charge in [-0.15, -0.1) is 0 Å². The maximum Gasteiger partial charge on any atom is 0.222 e. The molecule has 0 bridgehead atoms. The Bertz CT molecular complexity index is 533. The molecule has 2 rings (SSSR count). The van der Waals surface area contributed by atoms with Crippen LogP contribution in [0.15, 0.2) is 0 Å². The van der Waals surface area contributed by atoms with E-state index in [-0.39, 0.29) is 19.0 Å². The third-order valence-electron chi connectivity index (χ3n) is 2.38. The third-order valence-corrected chi connectivity index (χ3v) is 3.58. The number of nitrogens with zero attached hydrogens (tertiary/aromatic N) is 2. The lowest BCUT2D eigenvalue weighted by Gasteiger charge is -2.11. The van der Waals surface area contributed by atoms with Crippen molar-refractivity contribution >= 4 is 21.7 Å². The molecular formula is C8H12N4O3S. The molecule has 0 aliphatic carbocycles. The molecule has 1 aromatic rings. The number of carbonyl (C=O) groups excluding carboxylic acids is 1. The number of aromatic amines is 1. The van der Waals surface area contributed by atoms with Crippen LogP contribution >= 0.6 is 0 Å². The highest BCUT2D eigenvalue weighted by Gasteiger charge is 2.30. The monoisotopic (exact) mass is 244 g/mol. The second kappa shape index (κ2) is 3.56. The number of sulfonamides is 1. The van der Waals surface area contributed by atoms with Crippen LogP contribution in [0.1, 0.15) is 18.2 Å². The van der Waals surface area contributed by atoms with Gasteiger partial charge in [-0.1, -0.05) is 0 Å². The second-order valence-corrected chi connectivity index (χ2v) is 5.72. The van der Waals surface area contributed by atoms with E-state index in [1.165, 1.54) is 11.2 Å². The molecule has 7 nitrogen and oxygen atoms in total. The van der Waals surface area contributed by atoms with E-state index in [0.717, 1.165) is 11.8 Å². The molecule has 0 radical (unpaired) electrons. The summed E-state index contributed by atoms with van der Waals surface area (Å²) in [4.78, 5) is 10.9. The van der Waals surface area contributed by atoms with E-state index in [0.29, 0.717) is 11.5 Å². The highest BCUT2D eigenvalue weighted by molar-refractivity contribution is 7.88. The number of fused-ring (bicyclic) bond motifs is 1. The van der Waals surface area contributed by atoms with Gasteiger partial charge in [-0.3, -0.25) is 9.89 Å². The van der Waals surface area contributed by atoms with E-state index in [1.807, 2.05) is 0 Å². The van der Waals surface area contributed by atoms with Crippen molar-refractivity contribution < 1.29 is 13.2 Å². The van der Waals surface area contributed by atoms with E-state index < -0.39 is 10.0 Å². The third kappa shape index (κ3) is 1.93. The molecule has 0 saturated heterocycles. The van der Waals surface area contributed by atoms with E-state index in [2.05, 4.69) is 15.5 Å². The maximum atomic E-state index is 11.3. The number of aromatic nitrogens is 2. The first kappa shape index (κ1) is 11.1. The Morgan fingerprint density at radius 2 is 2.19 bits per heavy atom. The van der Waals surface area contributed by atoms with Crippen LogP contribution in [0.2, 0.25) is 0 Å². The molecule has 2 N–H and O–H groups in total. The Labute approximate surface area is 92.9 Å². The summed E-state index contributed by atoms with van der Waals surface area (Å²) in [5.41, 5.74) is 1.40. The molecule has 0 aromatic carbocycles. The van der Waals surface area contributed by atoms with Crippen molar-refractivity contribution in [2.24, 2.45) is 0 Å². The molecule has 1 aliphatic rings. The van der Waals surface area contributed by atoms with E-state index in [4.69, 9.17) is 0 Å². The number of carbonyl (C=O) groups is 1. The highest BCUT2D eigenvalue weighted by Crippen LogP contribution is 2.28. The van der Waals surface area contributed by atoms with Gasteiger partial charge in [0, 0.05) is 19.0 Å². The first-order valence-corrected chi connectivity index (χ1v) is 6.51. The fourth-order valence-corrected chi connectivity index (χ4v) is 2.34. The summed E-state index contributed by atoms with van der Waals surface area (Å²) in [5, 5.41) is 9.22. The van der Waals surface area contributed by atoms with Gasteiger partial charge in [0.15, 0.2) is 0 Å². The summed E-state index contributed by atoms with van der Waals surface area (Å²) in [5.74, 6) is 0.262. The molecule has 0 fully saturated rings.